The van der Waals surface area contributed by atoms with Crippen molar-refractivity contribution in [1.29, 1.82) is 0 Å². The molecule has 1 aliphatic heterocycles. The molecule has 0 fully saturated rings. The molecule has 5 rings (SSSR count). The lowest BCUT2D eigenvalue weighted by atomic mass is 10.1. The fourth-order valence-corrected chi connectivity index (χ4v) is 4.36. The third-order valence-corrected chi connectivity index (χ3v) is 5.85. The molecule has 162 valence electrons. The van der Waals surface area contributed by atoms with Crippen LogP contribution in [0.5, 0.6) is 0 Å². The van der Waals surface area contributed by atoms with Crippen molar-refractivity contribution in [2.45, 2.75) is 12.5 Å². The number of thiazole rings is 1. The number of ether oxygens (including phenoxy) is 1. The molecule has 0 saturated carbocycles. The van der Waals surface area contributed by atoms with Gasteiger partial charge in [-0.2, -0.15) is 5.10 Å². The van der Waals surface area contributed by atoms with Crippen LogP contribution in [0.3, 0.4) is 0 Å². The standard InChI is InChI=1S/C21H15ClN4O5S/c22-20-14(25-7-10-32-21(25)23-20)5-6-19(28)31-12-18(27)26-15(17-4-2-9-30-17)11-13(24-26)16-3-1-8-29-16/h1-10,15H,11-12H2/b6-5+/t15-/m0/s1. The maximum Gasteiger partial charge on any atom is 0.331 e. The van der Waals surface area contributed by atoms with Crippen LogP contribution < -0.4 is 0 Å². The Morgan fingerprint density at radius 2 is 2.12 bits per heavy atom. The maximum absolute atomic E-state index is 12.8. The van der Waals surface area contributed by atoms with E-state index < -0.39 is 24.5 Å². The highest BCUT2D eigenvalue weighted by molar-refractivity contribution is 7.15. The number of aromatic nitrogens is 2. The Morgan fingerprint density at radius 3 is 2.91 bits per heavy atom. The van der Waals surface area contributed by atoms with Gasteiger partial charge in [-0.15, -0.1) is 11.3 Å². The SMILES string of the molecule is O=C(/C=C/c1c(Cl)nc2sccn12)OCC(=O)N1N=C(c2ccco2)C[C@H]1c1ccco1. The lowest BCUT2D eigenvalue weighted by Gasteiger charge is -2.19. The number of amides is 1. The molecule has 0 radical (unpaired) electrons. The molecule has 11 heteroatoms. The first-order chi connectivity index (χ1) is 15.6. The Hall–Kier alpha value is -3.63. The van der Waals surface area contributed by atoms with Gasteiger partial charge < -0.3 is 13.6 Å². The Balaban J connectivity index is 1.27. The monoisotopic (exact) mass is 470 g/mol. The van der Waals surface area contributed by atoms with Crippen LogP contribution in [-0.2, 0) is 14.3 Å². The lowest BCUT2D eigenvalue weighted by molar-refractivity contribution is -0.149. The number of nitrogens with zero attached hydrogens (tertiary/aromatic N) is 4. The van der Waals surface area contributed by atoms with E-state index >= 15 is 0 Å². The summed E-state index contributed by atoms with van der Waals surface area (Å²) in [5.74, 6) is -0.0415. The average Bonchev–Trinajstić information content (AvgIpc) is 3.57. The number of hydrazone groups is 1. The van der Waals surface area contributed by atoms with E-state index in [0.29, 0.717) is 34.3 Å². The van der Waals surface area contributed by atoms with Crippen LogP contribution in [0.1, 0.15) is 29.7 Å². The summed E-state index contributed by atoms with van der Waals surface area (Å²) in [5.41, 5.74) is 1.16. The zero-order valence-corrected chi connectivity index (χ0v) is 18.0. The van der Waals surface area contributed by atoms with Crippen molar-refractivity contribution in [3.8, 4) is 0 Å². The summed E-state index contributed by atoms with van der Waals surface area (Å²) in [6.45, 7) is -0.483. The summed E-state index contributed by atoms with van der Waals surface area (Å²) in [7, 11) is 0. The van der Waals surface area contributed by atoms with Gasteiger partial charge in [0.1, 0.15) is 23.3 Å². The number of rotatable bonds is 6. The molecule has 4 aromatic rings. The van der Waals surface area contributed by atoms with Gasteiger partial charge in [0.2, 0.25) is 0 Å². The average molecular weight is 471 g/mol. The number of furan rings is 2. The van der Waals surface area contributed by atoms with Gasteiger partial charge in [0.05, 0.1) is 18.2 Å². The molecule has 1 atom stereocenters. The minimum Gasteiger partial charge on any atom is -0.467 e. The largest absolute Gasteiger partial charge is 0.467 e. The molecule has 0 N–H and O–H groups in total. The molecule has 4 aromatic heterocycles. The molecule has 5 heterocycles. The molecule has 0 unspecified atom stereocenters. The van der Waals surface area contributed by atoms with Crippen LogP contribution in [0.4, 0.5) is 0 Å². The Bertz CT molecular complexity index is 1320. The highest BCUT2D eigenvalue weighted by atomic mass is 35.5. The molecule has 0 bridgehead atoms. The predicted molar refractivity (Wildman–Crippen MR) is 116 cm³/mol. The fourth-order valence-electron chi connectivity index (χ4n) is 3.35. The van der Waals surface area contributed by atoms with Crippen LogP contribution in [0.15, 0.2) is 68.4 Å². The van der Waals surface area contributed by atoms with E-state index in [2.05, 4.69) is 10.1 Å². The zero-order chi connectivity index (χ0) is 22.1. The molecular formula is C21H15ClN4O5S. The Labute approximate surface area is 190 Å². The van der Waals surface area contributed by atoms with E-state index in [4.69, 9.17) is 25.2 Å². The number of carbonyl (C=O) groups is 2. The van der Waals surface area contributed by atoms with Crippen LogP contribution in [0.25, 0.3) is 11.0 Å². The number of hydrogen-bond donors (Lipinski definition) is 0. The first-order valence-corrected chi connectivity index (χ1v) is 10.8. The fraction of sp³-hybridized carbons (Fsp3) is 0.143. The van der Waals surface area contributed by atoms with Gasteiger partial charge in [-0.3, -0.25) is 9.20 Å². The first kappa shape index (κ1) is 20.3. The summed E-state index contributed by atoms with van der Waals surface area (Å²) in [5, 5.41) is 7.77. The van der Waals surface area contributed by atoms with E-state index in [9.17, 15) is 9.59 Å². The lowest BCUT2D eigenvalue weighted by Crippen LogP contribution is -2.31. The Kier molecular flexibility index (Phi) is 5.38. The molecule has 1 amide bonds. The van der Waals surface area contributed by atoms with Gasteiger partial charge in [-0.1, -0.05) is 11.6 Å². The highest BCUT2D eigenvalue weighted by Crippen LogP contribution is 2.33. The quantitative estimate of drug-likeness (QED) is 0.309. The summed E-state index contributed by atoms with van der Waals surface area (Å²) >= 11 is 7.53. The summed E-state index contributed by atoms with van der Waals surface area (Å²) in [6.07, 6.45) is 7.97. The molecule has 0 aliphatic carbocycles. The minimum atomic E-state index is -0.691. The van der Waals surface area contributed by atoms with Gasteiger partial charge >= 0.3 is 5.97 Å². The van der Waals surface area contributed by atoms with Crippen molar-refractivity contribution in [3.05, 3.63) is 76.8 Å². The van der Waals surface area contributed by atoms with Gasteiger partial charge in [0.15, 0.2) is 16.7 Å². The minimum absolute atomic E-state index is 0.273. The van der Waals surface area contributed by atoms with E-state index in [-0.39, 0.29) is 5.15 Å². The molecule has 0 aromatic carbocycles. The number of fused-ring (bicyclic) bond motifs is 1. The normalized spacial score (nSPS) is 16.2. The van der Waals surface area contributed by atoms with Gasteiger partial charge in [0.25, 0.3) is 5.91 Å². The van der Waals surface area contributed by atoms with Crippen LogP contribution in [-0.4, -0.2) is 38.6 Å². The number of halogens is 1. The zero-order valence-electron chi connectivity index (χ0n) is 16.4. The van der Waals surface area contributed by atoms with Crippen LogP contribution >= 0.6 is 22.9 Å². The summed E-state index contributed by atoms with van der Waals surface area (Å²) < 4.78 is 17.8. The van der Waals surface area contributed by atoms with E-state index in [1.165, 1.54) is 41.0 Å². The molecule has 32 heavy (non-hydrogen) atoms. The molecule has 0 saturated heterocycles. The van der Waals surface area contributed by atoms with E-state index in [0.717, 1.165) is 0 Å². The van der Waals surface area contributed by atoms with Crippen LogP contribution in [0.2, 0.25) is 5.15 Å². The van der Waals surface area contributed by atoms with Crippen LogP contribution in [0, 0.1) is 0 Å². The second kappa shape index (κ2) is 8.48. The molecule has 0 spiro atoms. The molecule has 9 nitrogen and oxygen atoms in total. The third kappa shape index (κ3) is 3.85. The molecule has 1 aliphatic rings. The van der Waals surface area contributed by atoms with Gasteiger partial charge in [-0.25, -0.2) is 14.8 Å². The van der Waals surface area contributed by atoms with Crippen molar-refractivity contribution in [1.82, 2.24) is 14.4 Å². The number of imidazole rings is 1. The first-order valence-electron chi connectivity index (χ1n) is 9.53. The highest BCUT2D eigenvalue weighted by Gasteiger charge is 2.36. The number of esters is 1. The van der Waals surface area contributed by atoms with Crippen molar-refractivity contribution in [2.75, 3.05) is 6.61 Å². The Morgan fingerprint density at radius 1 is 1.28 bits per heavy atom. The van der Waals surface area contributed by atoms with Gasteiger partial charge in [0, 0.05) is 24.1 Å². The summed E-state index contributed by atoms with van der Waals surface area (Å²) in [4.78, 5) is 29.9. The van der Waals surface area contributed by atoms with E-state index in [1.54, 1.807) is 34.9 Å². The van der Waals surface area contributed by atoms with Crippen molar-refractivity contribution >= 4 is 51.6 Å². The number of carbonyl (C=O) groups excluding carboxylic acids is 2. The number of hydrogen-bond acceptors (Lipinski definition) is 8. The maximum atomic E-state index is 12.8. The van der Waals surface area contributed by atoms with Crippen molar-refractivity contribution < 1.29 is 23.2 Å². The summed E-state index contributed by atoms with van der Waals surface area (Å²) in [6, 6.07) is 6.56. The predicted octanol–water partition coefficient (Wildman–Crippen LogP) is 4.17. The van der Waals surface area contributed by atoms with Gasteiger partial charge in [-0.05, 0) is 30.3 Å². The molecular weight excluding hydrogens is 456 g/mol. The second-order valence-corrected chi connectivity index (χ2v) is 8.01. The van der Waals surface area contributed by atoms with Crippen molar-refractivity contribution in [2.24, 2.45) is 5.10 Å². The second-order valence-electron chi connectivity index (χ2n) is 6.78. The van der Waals surface area contributed by atoms with E-state index in [1.807, 2.05) is 5.38 Å². The topological polar surface area (TPSA) is 103 Å². The smallest absolute Gasteiger partial charge is 0.331 e. The van der Waals surface area contributed by atoms with Crippen molar-refractivity contribution in [3.63, 3.8) is 0 Å². The third-order valence-electron chi connectivity index (χ3n) is 4.81.